The van der Waals surface area contributed by atoms with Gasteiger partial charge in [0.05, 0.1) is 23.5 Å². The second kappa shape index (κ2) is 9.53. The van der Waals surface area contributed by atoms with Crippen molar-refractivity contribution < 1.29 is 14.3 Å². The molecule has 1 atom stereocenters. The molecule has 0 saturated heterocycles. The lowest BCUT2D eigenvalue weighted by Gasteiger charge is -2.20. The number of anilines is 1. The minimum absolute atomic E-state index is 0.209. The number of aromatic amines is 2. The van der Waals surface area contributed by atoms with Crippen LogP contribution in [0.25, 0.3) is 54.9 Å². The summed E-state index contributed by atoms with van der Waals surface area (Å²) in [6, 6.07) is 19.2. The van der Waals surface area contributed by atoms with Gasteiger partial charge in [0, 0.05) is 39.1 Å². The number of aromatic nitrogens is 3. The summed E-state index contributed by atoms with van der Waals surface area (Å²) in [6.07, 6.45) is 1.77. The number of amides is 1. The molecule has 0 aliphatic carbocycles. The Hall–Kier alpha value is -4.63. The Balaban J connectivity index is 1.42. The van der Waals surface area contributed by atoms with Crippen molar-refractivity contribution in [2.24, 2.45) is 5.73 Å². The van der Waals surface area contributed by atoms with Crippen LogP contribution in [0.2, 0.25) is 0 Å². The number of imidazole rings is 1. The first-order valence-corrected chi connectivity index (χ1v) is 13.3. The maximum Gasteiger partial charge on any atom is 0.308 e. The highest BCUT2D eigenvalue weighted by atomic mass is 16.6. The van der Waals surface area contributed by atoms with Crippen LogP contribution in [0.1, 0.15) is 27.2 Å². The van der Waals surface area contributed by atoms with Crippen LogP contribution >= 0.6 is 0 Å². The predicted molar refractivity (Wildman–Crippen MR) is 164 cm³/mol. The Morgan fingerprint density at radius 2 is 1.75 bits per heavy atom. The molecule has 0 saturated carbocycles. The van der Waals surface area contributed by atoms with E-state index in [1.807, 2.05) is 36.5 Å². The Labute approximate surface area is 231 Å². The standard InChI is InChI=1S/C31H30BN5O3/c1-31(2,3)40-26(38)14-24(33)30(39)35-17-9-10-19-18-6-4-5-7-20(18)27-28(22(19)13-17)37-29(36-27)23-15-34-25-11-8-16(32)12-21(23)25/h4-13,15,24,34H,14,32-33H2,1-3H3,(H,35,39)(H,36,37)/t24-/m0/s1. The number of carbonyl (C=O) groups is 2. The second-order valence-corrected chi connectivity index (χ2v) is 11.3. The molecule has 0 aliphatic rings. The van der Waals surface area contributed by atoms with Crippen molar-refractivity contribution in [1.82, 2.24) is 15.0 Å². The maximum absolute atomic E-state index is 12.9. The largest absolute Gasteiger partial charge is 0.460 e. The van der Waals surface area contributed by atoms with Gasteiger partial charge in [-0.05, 0) is 49.7 Å². The van der Waals surface area contributed by atoms with E-state index >= 15 is 0 Å². The average Bonchev–Trinajstić information content (AvgIpc) is 3.52. The van der Waals surface area contributed by atoms with Crippen molar-refractivity contribution in [1.29, 1.82) is 0 Å². The Kier molecular flexibility index (Phi) is 6.11. The van der Waals surface area contributed by atoms with E-state index in [1.54, 1.807) is 20.8 Å². The summed E-state index contributed by atoms with van der Waals surface area (Å²) in [4.78, 5) is 37.0. The Bertz CT molecular complexity index is 1950. The summed E-state index contributed by atoms with van der Waals surface area (Å²) in [7, 11) is 2.07. The molecule has 0 unspecified atom stereocenters. The van der Waals surface area contributed by atoms with Crippen LogP contribution in [-0.2, 0) is 14.3 Å². The smallest absolute Gasteiger partial charge is 0.308 e. The highest BCUT2D eigenvalue weighted by Gasteiger charge is 2.23. The monoisotopic (exact) mass is 531 g/mol. The molecule has 2 aromatic heterocycles. The van der Waals surface area contributed by atoms with Gasteiger partial charge in [-0.2, -0.15) is 0 Å². The van der Waals surface area contributed by atoms with Crippen molar-refractivity contribution in [3.8, 4) is 11.4 Å². The molecule has 0 bridgehead atoms. The Morgan fingerprint density at radius 3 is 2.52 bits per heavy atom. The topological polar surface area (TPSA) is 126 Å². The number of H-pyrrole nitrogens is 2. The van der Waals surface area contributed by atoms with Gasteiger partial charge in [0.25, 0.3) is 0 Å². The molecule has 5 N–H and O–H groups in total. The number of esters is 1. The summed E-state index contributed by atoms with van der Waals surface area (Å²) in [5.41, 5.74) is 10.9. The molecule has 40 heavy (non-hydrogen) atoms. The molecular formula is C31H30BN5O3. The molecule has 9 heteroatoms. The molecule has 4 aromatic carbocycles. The normalized spacial score (nSPS) is 12.8. The van der Waals surface area contributed by atoms with Crippen molar-refractivity contribution in [3.05, 3.63) is 66.9 Å². The van der Waals surface area contributed by atoms with E-state index in [-0.39, 0.29) is 6.42 Å². The minimum Gasteiger partial charge on any atom is -0.460 e. The molecule has 0 aliphatic heterocycles. The van der Waals surface area contributed by atoms with Crippen LogP contribution in [0.3, 0.4) is 0 Å². The number of nitrogens with one attached hydrogen (secondary N) is 3. The lowest BCUT2D eigenvalue weighted by atomic mass is 9.94. The number of nitrogens with two attached hydrogens (primary N) is 1. The molecule has 0 spiro atoms. The number of hydrogen-bond donors (Lipinski definition) is 4. The average molecular weight is 531 g/mol. The van der Waals surface area contributed by atoms with Gasteiger partial charge in [-0.1, -0.05) is 47.9 Å². The highest BCUT2D eigenvalue weighted by molar-refractivity contribution is 6.33. The third-order valence-electron chi connectivity index (χ3n) is 6.97. The molecule has 6 aromatic rings. The summed E-state index contributed by atoms with van der Waals surface area (Å²) >= 11 is 0. The van der Waals surface area contributed by atoms with Crippen LogP contribution < -0.4 is 16.5 Å². The van der Waals surface area contributed by atoms with Gasteiger partial charge in [-0.15, -0.1) is 0 Å². The number of carbonyl (C=O) groups excluding carboxylic acids is 2. The number of nitrogens with zero attached hydrogens (tertiary/aromatic N) is 1. The number of fused-ring (bicyclic) bond motifs is 7. The first-order chi connectivity index (χ1) is 19.1. The van der Waals surface area contributed by atoms with Crippen molar-refractivity contribution in [2.75, 3.05) is 5.32 Å². The zero-order valence-electron chi connectivity index (χ0n) is 22.9. The van der Waals surface area contributed by atoms with Gasteiger partial charge in [0.15, 0.2) is 0 Å². The number of benzene rings is 4. The van der Waals surface area contributed by atoms with Crippen molar-refractivity contribution in [3.63, 3.8) is 0 Å². The molecular weight excluding hydrogens is 501 g/mol. The fourth-order valence-electron chi connectivity index (χ4n) is 5.20. The third-order valence-corrected chi connectivity index (χ3v) is 6.97. The second-order valence-electron chi connectivity index (χ2n) is 11.3. The number of rotatable bonds is 5. The molecule has 0 fully saturated rings. The third kappa shape index (κ3) is 4.69. The van der Waals surface area contributed by atoms with Gasteiger partial charge >= 0.3 is 5.97 Å². The van der Waals surface area contributed by atoms with E-state index < -0.39 is 23.5 Å². The van der Waals surface area contributed by atoms with Gasteiger partial charge < -0.3 is 25.8 Å². The predicted octanol–water partition coefficient (Wildman–Crippen LogP) is 4.27. The van der Waals surface area contributed by atoms with E-state index in [0.29, 0.717) is 5.69 Å². The highest BCUT2D eigenvalue weighted by Crippen LogP contribution is 2.37. The van der Waals surface area contributed by atoms with E-state index in [4.69, 9.17) is 15.5 Å². The quantitative estimate of drug-likeness (QED) is 0.150. The maximum atomic E-state index is 12.9. The zero-order valence-corrected chi connectivity index (χ0v) is 22.9. The van der Waals surface area contributed by atoms with Crippen LogP contribution in [0.15, 0.2) is 66.9 Å². The van der Waals surface area contributed by atoms with Gasteiger partial charge in [-0.3, -0.25) is 9.59 Å². The summed E-state index contributed by atoms with van der Waals surface area (Å²) in [6.45, 7) is 5.32. The van der Waals surface area contributed by atoms with Crippen LogP contribution in [0.5, 0.6) is 0 Å². The summed E-state index contributed by atoms with van der Waals surface area (Å²) < 4.78 is 5.31. The van der Waals surface area contributed by atoms with E-state index in [0.717, 1.165) is 54.9 Å². The SMILES string of the molecule is Bc1ccc2[nH]cc(-c3nc4c5ccccc5c5ccc(NC(=O)[C@@H](N)CC(=O)OC(C)(C)C)cc5c4[nH]3)c2c1. The molecule has 200 valence electrons. The molecule has 2 heterocycles. The molecule has 0 radical (unpaired) electrons. The van der Waals surface area contributed by atoms with Crippen LogP contribution in [0, 0.1) is 0 Å². The fraction of sp³-hybridized carbons (Fsp3) is 0.194. The summed E-state index contributed by atoms with van der Waals surface area (Å²) in [5, 5.41) is 8.02. The van der Waals surface area contributed by atoms with Crippen LogP contribution in [0.4, 0.5) is 5.69 Å². The molecule has 6 rings (SSSR count). The lowest BCUT2D eigenvalue weighted by molar-refractivity contribution is -0.155. The Morgan fingerprint density at radius 1 is 1.00 bits per heavy atom. The zero-order chi connectivity index (χ0) is 28.2. The van der Waals surface area contributed by atoms with Crippen molar-refractivity contribution in [2.45, 2.75) is 38.8 Å². The molecule has 8 nitrogen and oxygen atoms in total. The van der Waals surface area contributed by atoms with Gasteiger partial charge in [-0.25, -0.2) is 4.98 Å². The van der Waals surface area contributed by atoms with E-state index in [1.165, 1.54) is 5.46 Å². The minimum atomic E-state index is -1.04. The van der Waals surface area contributed by atoms with Gasteiger partial charge in [0.1, 0.15) is 19.3 Å². The fourth-order valence-corrected chi connectivity index (χ4v) is 5.20. The number of ether oxygens (including phenoxy) is 1. The number of hydrogen-bond acceptors (Lipinski definition) is 5. The van der Waals surface area contributed by atoms with Gasteiger partial charge in [0.2, 0.25) is 5.91 Å². The van der Waals surface area contributed by atoms with E-state index in [2.05, 4.69) is 53.5 Å². The lowest BCUT2D eigenvalue weighted by Crippen LogP contribution is -2.39. The molecule has 1 amide bonds. The van der Waals surface area contributed by atoms with Crippen LogP contribution in [-0.4, -0.2) is 46.3 Å². The van der Waals surface area contributed by atoms with Crippen molar-refractivity contribution >= 4 is 74.4 Å². The first kappa shape index (κ1) is 25.6. The first-order valence-electron chi connectivity index (χ1n) is 13.3. The van der Waals surface area contributed by atoms with E-state index in [9.17, 15) is 9.59 Å². The summed E-state index contributed by atoms with van der Waals surface area (Å²) in [5.74, 6) is -0.209.